The fraction of sp³-hybridized carbons (Fsp3) is 0.600. The maximum Gasteiger partial charge on any atom is 0.241 e. The first-order valence-electron chi connectivity index (χ1n) is 9.64. The molecule has 1 aromatic carbocycles. The van der Waals surface area contributed by atoms with Crippen LogP contribution in [0.15, 0.2) is 24.3 Å². The van der Waals surface area contributed by atoms with Gasteiger partial charge in [0.25, 0.3) is 0 Å². The summed E-state index contributed by atoms with van der Waals surface area (Å²) in [5.74, 6) is 1.04. The summed E-state index contributed by atoms with van der Waals surface area (Å²) in [7, 11) is 1.61. The minimum atomic E-state index is -0.230. The monoisotopic (exact) mass is 375 g/mol. The first kappa shape index (κ1) is 19.6. The second kappa shape index (κ2) is 9.19. The summed E-state index contributed by atoms with van der Waals surface area (Å²) in [4.78, 5) is 29.3. The molecule has 0 saturated carbocycles. The molecule has 27 heavy (non-hydrogen) atoms. The van der Waals surface area contributed by atoms with Crippen molar-refractivity contribution in [1.82, 2.24) is 9.80 Å². The van der Waals surface area contributed by atoms with Crippen LogP contribution in [-0.2, 0) is 14.3 Å². The summed E-state index contributed by atoms with van der Waals surface area (Å²) in [5.41, 5.74) is 0.755. The number of benzene rings is 1. The van der Waals surface area contributed by atoms with Crippen LogP contribution >= 0.6 is 0 Å². The molecule has 1 atom stereocenters. The molecule has 2 aliphatic heterocycles. The number of nitrogens with zero attached hydrogens (tertiary/aromatic N) is 2. The number of piperidine rings is 1. The van der Waals surface area contributed by atoms with Crippen LogP contribution in [0.25, 0.3) is 0 Å². The number of amides is 2. The van der Waals surface area contributed by atoms with E-state index in [4.69, 9.17) is 9.47 Å². The first-order chi connectivity index (χ1) is 13.1. The van der Waals surface area contributed by atoms with Crippen LogP contribution in [0.4, 0.5) is 5.69 Å². The summed E-state index contributed by atoms with van der Waals surface area (Å²) in [5, 5.41) is 2.95. The molecule has 148 valence electrons. The standard InChI is InChI=1S/C20H29N3O4/c1-15(19(24)21-17-3-5-18(26-2)6-4-17)22-9-7-16(8-10-22)20(25)23-11-13-27-14-12-23/h3-6,15-16H,7-14H2,1-2H3,(H,21,24)/t15-/m0/s1. The quantitative estimate of drug-likeness (QED) is 0.846. The largest absolute Gasteiger partial charge is 0.497 e. The number of hydrogen-bond acceptors (Lipinski definition) is 5. The molecule has 7 heteroatoms. The van der Waals surface area contributed by atoms with Gasteiger partial charge in [-0.1, -0.05) is 0 Å². The summed E-state index contributed by atoms with van der Waals surface area (Å²) in [6.07, 6.45) is 1.60. The van der Waals surface area contributed by atoms with Crippen LogP contribution in [0.5, 0.6) is 5.75 Å². The minimum Gasteiger partial charge on any atom is -0.497 e. The lowest BCUT2D eigenvalue weighted by Gasteiger charge is -2.37. The SMILES string of the molecule is COc1ccc(NC(=O)[C@H](C)N2CCC(C(=O)N3CCOCC3)CC2)cc1. The summed E-state index contributed by atoms with van der Waals surface area (Å²) in [6, 6.07) is 7.07. The number of ether oxygens (including phenoxy) is 2. The second-order valence-corrected chi connectivity index (χ2v) is 7.14. The Morgan fingerprint density at radius 1 is 1.11 bits per heavy atom. The van der Waals surface area contributed by atoms with Crippen LogP contribution in [-0.4, -0.2) is 74.2 Å². The number of nitrogens with one attached hydrogen (secondary N) is 1. The van der Waals surface area contributed by atoms with Crippen molar-refractivity contribution in [1.29, 1.82) is 0 Å². The molecule has 2 saturated heterocycles. The van der Waals surface area contributed by atoms with Crippen LogP contribution < -0.4 is 10.1 Å². The van der Waals surface area contributed by atoms with Crippen molar-refractivity contribution in [2.24, 2.45) is 5.92 Å². The van der Waals surface area contributed by atoms with Crippen molar-refractivity contribution in [2.75, 3.05) is 51.8 Å². The topological polar surface area (TPSA) is 71.1 Å². The van der Waals surface area contributed by atoms with Gasteiger partial charge in [0.05, 0.1) is 26.4 Å². The van der Waals surface area contributed by atoms with Gasteiger partial charge in [-0.25, -0.2) is 0 Å². The third kappa shape index (κ3) is 4.99. The molecular weight excluding hydrogens is 346 g/mol. The lowest BCUT2D eigenvalue weighted by atomic mass is 9.94. The van der Waals surface area contributed by atoms with E-state index in [-0.39, 0.29) is 23.8 Å². The Labute approximate surface area is 160 Å². The maximum absolute atomic E-state index is 12.6. The number of anilines is 1. The lowest BCUT2D eigenvalue weighted by molar-refractivity contribution is -0.141. The number of carbonyl (C=O) groups excluding carboxylic acids is 2. The maximum atomic E-state index is 12.6. The number of rotatable bonds is 5. The zero-order chi connectivity index (χ0) is 19.2. The molecule has 1 aromatic rings. The van der Waals surface area contributed by atoms with Crippen LogP contribution in [0.1, 0.15) is 19.8 Å². The third-order valence-corrected chi connectivity index (χ3v) is 5.49. The molecule has 3 rings (SSSR count). The Bertz CT molecular complexity index is 635. The van der Waals surface area contributed by atoms with Crippen molar-refractivity contribution in [3.63, 3.8) is 0 Å². The number of carbonyl (C=O) groups is 2. The molecule has 2 heterocycles. The normalized spacial score (nSPS) is 20.1. The first-order valence-corrected chi connectivity index (χ1v) is 9.64. The van der Waals surface area contributed by atoms with E-state index in [1.165, 1.54) is 0 Å². The smallest absolute Gasteiger partial charge is 0.241 e. The van der Waals surface area contributed by atoms with Crippen molar-refractivity contribution < 1.29 is 19.1 Å². The summed E-state index contributed by atoms with van der Waals surface area (Å²) < 4.78 is 10.5. The van der Waals surface area contributed by atoms with Crippen molar-refractivity contribution in [2.45, 2.75) is 25.8 Å². The summed E-state index contributed by atoms with van der Waals surface area (Å²) >= 11 is 0. The zero-order valence-corrected chi connectivity index (χ0v) is 16.1. The molecule has 0 aliphatic carbocycles. The van der Waals surface area contributed by atoms with Gasteiger partial charge in [-0.05, 0) is 57.1 Å². The fourth-order valence-electron chi connectivity index (χ4n) is 3.66. The highest BCUT2D eigenvalue weighted by atomic mass is 16.5. The van der Waals surface area contributed by atoms with Crippen molar-refractivity contribution >= 4 is 17.5 Å². The fourth-order valence-corrected chi connectivity index (χ4v) is 3.66. The van der Waals surface area contributed by atoms with Gasteiger partial charge in [0, 0.05) is 24.7 Å². The van der Waals surface area contributed by atoms with E-state index in [2.05, 4.69) is 10.2 Å². The predicted octanol–water partition coefficient (Wildman–Crippen LogP) is 1.59. The van der Waals surface area contributed by atoms with Gasteiger partial charge in [0.15, 0.2) is 0 Å². The summed E-state index contributed by atoms with van der Waals surface area (Å²) in [6.45, 7) is 6.10. The van der Waals surface area contributed by atoms with Crippen LogP contribution in [0.2, 0.25) is 0 Å². The van der Waals surface area contributed by atoms with E-state index < -0.39 is 0 Å². The van der Waals surface area contributed by atoms with Gasteiger partial charge in [-0.2, -0.15) is 0 Å². The van der Waals surface area contributed by atoms with Crippen LogP contribution in [0, 0.1) is 5.92 Å². The highest BCUT2D eigenvalue weighted by molar-refractivity contribution is 5.94. The minimum absolute atomic E-state index is 0.0295. The molecule has 0 aromatic heterocycles. The van der Waals surface area contributed by atoms with Crippen molar-refractivity contribution in [3.8, 4) is 5.75 Å². The molecule has 2 aliphatic rings. The van der Waals surface area contributed by atoms with Gasteiger partial charge < -0.3 is 19.7 Å². The van der Waals surface area contributed by atoms with Crippen LogP contribution in [0.3, 0.4) is 0 Å². The number of methoxy groups -OCH3 is 1. The van der Waals surface area contributed by atoms with Gasteiger partial charge in [-0.3, -0.25) is 14.5 Å². The highest BCUT2D eigenvalue weighted by Crippen LogP contribution is 2.22. The average molecular weight is 375 g/mol. The van der Waals surface area contributed by atoms with Gasteiger partial charge in [0.1, 0.15) is 5.75 Å². The molecule has 0 bridgehead atoms. The van der Waals surface area contributed by atoms with E-state index in [1.807, 2.05) is 36.1 Å². The molecule has 1 N–H and O–H groups in total. The number of hydrogen-bond donors (Lipinski definition) is 1. The predicted molar refractivity (Wildman–Crippen MR) is 103 cm³/mol. The van der Waals surface area contributed by atoms with Crippen molar-refractivity contribution in [3.05, 3.63) is 24.3 Å². The highest BCUT2D eigenvalue weighted by Gasteiger charge is 2.32. The molecular formula is C20H29N3O4. The third-order valence-electron chi connectivity index (χ3n) is 5.49. The molecule has 0 spiro atoms. The number of morpholine rings is 1. The Kier molecular flexibility index (Phi) is 6.68. The van der Waals surface area contributed by atoms with E-state index in [1.54, 1.807) is 7.11 Å². The van der Waals surface area contributed by atoms with Gasteiger partial charge in [-0.15, -0.1) is 0 Å². The van der Waals surface area contributed by atoms with Gasteiger partial charge in [0.2, 0.25) is 11.8 Å². The molecule has 0 radical (unpaired) electrons. The second-order valence-electron chi connectivity index (χ2n) is 7.14. The van der Waals surface area contributed by atoms with E-state index >= 15 is 0 Å². The zero-order valence-electron chi connectivity index (χ0n) is 16.1. The Balaban J connectivity index is 1.47. The molecule has 2 amide bonds. The van der Waals surface area contributed by atoms with E-state index in [9.17, 15) is 9.59 Å². The Morgan fingerprint density at radius 2 is 1.74 bits per heavy atom. The lowest BCUT2D eigenvalue weighted by Crippen LogP contribution is -2.50. The Hall–Kier alpha value is -2.12. The molecule has 0 unspecified atom stereocenters. The molecule has 2 fully saturated rings. The van der Waals surface area contributed by atoms with E-state index in [0.29, 0.717) is 26.3 Å². The molecule has 7 nitrogen and oxygen atoms in total. The van der Waals surface area contributed by atoms with E-state index in [0.717, 1.165) is 37.4 Å². The number of likely N-dealkylation sites (tertiary alicyclic amines) is 1. The van der Waals surface area contributed by atoms with Gasteiger partial charge >= 0.3 is 0 Å². The Morgan fingerprint density at radius 3 is 2.33 bits per heavy atom. The average Bonchev–Trinajstić information content (AvgIpc) is 2.74.